The van der Waals surface area contributed by atoms with Crippen molar-refractivity contribution in [2.45, 2.75) is 57.4 Å². The third-order valence-corrected chi connectivity index (χ3v) is 5.98. The van der Waals surface area contributed by atoms with E-state index in [2.05, 4.69) is 11.8 Å². The molecule has 1 aliphatic heterocycles. The first kappa shape index (κ1) is 12.0. The molecular formula is C15H28N2. The smallest absolute Gasteiger partial charge is 0.0332 e. The molecule has 3 fully saturated rings. The number of likely N-dealkylation sites (tertiary alicyclic amines) is 1. The predicted octanol–water partition coefficient (Wildman–Crippen LogP) is 2.63. The van der Waals surface area contributed by atoms with E-state index in [0.29, 0.717) is 5.54 Å². The first-order valence-electron chi connectivity index (χ1n) is 7.69. The molecule has 0 aromatic heterocycles. The third-order valence-electron chi connectivity index (χ3n) is 5.98. The summed E-state index contributed by atoms with van der Waals surface area (Å²) >= 11 is 0. The van der Waals surface area contributed by atoms with Crippen molar-refractivity contribution in [3.8, 4) is 0 Å². The van der Waals surface area contributed by atoms with Gasteiger partial charge in [-0.15, -0.1) is 0 Å². The van der Waals surface area contributed by atoms with E-state index in [0.717, 1.165) is 24.3 Å². The van der Waals surface area contributed by atoms with Crippen LogP contribution < -0.4 is 5.73 Å². The van der Waals surface area contributed by atoms with Gasteiger partial charge < -0.3 is 5.73 Å². The van der Waals surface area contributed by atoms with Gasteiger partial charge in [-0.1, -0.05) is 13.3 Å². The van der Waals surface area contributed by atoms with Gasteiger partial charge in [0.2, 0.25) is 0 Å². The average molecular weight is 236 g/mol. The minimum atomic E-state index is 0.386. The van der Waals surface area contributed by atoms with Crippen molar-refractivity contribution in [1.82, 2.24) is 4.90 Å². The fraction of sp³-hybridized carbons (Fsp3) is 1.00. The van der Waals surface area contributed by atoms with Crippen LogP contribution in [0.5, 0.6) is 0 Å². The second-order valence-corrected chi connectivity index (χ2v) is 6.97. The molecule has 3 aliphatic rings. The summed E-state index contributed by atoms with van der Waals surface area (Å²) in [6, 6.07) is 0. The Kier molecular flexibility index (Phi) is 3.20. The van der Waals surface area contributed by atoms with E-state index in [9.17, 15) is 0 Å². The molecule has 2 heteroatoms. The highest BCUT2D eigenvalue weighted by atomic mass is 15.2. The van der Waals surface area contributed by atoms with E-state index in [4.69, 9.17) is 5.73 Å². The molecule has 2 saturated carbocycles. The molecule has 0 bridgehead atoms. The van der Waals surface area contributed by atoms with Gasteiger partial charge in [0.15, 0.2) is 0 Å². The highest BCUT2D eigenvalue weighted by Gasteiger charge is 2.45. The van der Waals surface area contributed by atoms with E-state index >= 15 is 0 Å². The second kappa shape index (κ2) is 4.55. The number of hydrogen-bond acceptors (Lipinski definition) is 2. The number of nitrogens with zero attached hydrogens (tertiary/aromatic N) is 1. The molecule has 17 heavy (non-hydrogen) atoms. The Bertz CT molecular complexity index is 256. The van der Waals surface area contributed by atoms with Gasteiger partial charge in [-0.3, -0.25) is 4.90 Å². The first-order valence-corrected chi connectivity index (χ1v) is 7.69. The summed E-state index contributed by atoms with van der Waals surface area (Å²) in [6.45, 7) is 6.00. The van der Waals surface area contributed by atoms with Crippen LogP contribution in [0.25, 0.3) is 0 Å². The molecule has 2 atom stereocenters. The predicted molar refractivity (Wildman–Crippen MR) is 71.8 cm³/mol. The third kappa shape index (κ3) is 2.04. The van der Waals surface area contributed by atoms with Crippen LogP contribution in [0.1, 0.15) is 51.9 Å². The molecule has 0 aromatic rings. The summed E-state index contributed by atoms with van der Waals surface area (Å²) in [7, 11) is 0. The lowest BCUT2D eigenvalue weighted by Gasteiger charge is -2.46. The molecule has 0 radical (unpaired) electrons. The van der Waals surface area contributed by atoms with Crippen molar-refractivity contribution in [2.75, 3.05) is 19.6 Å². The zero-order valence-electron chi connectivity index (χ0n) is 11.3. The molecule has 1 saturated heterocycles. The van der Waals surface area contributed by atoms with Gasteiger partial charge in [0.05, 0.1) is 0 Å². The lowest BCUT2D eigenvalue weighted by atomic mass is 9.76. The second-order valence-electron chi connectivity index (χ2n) is 6.97. The molecule has 0 aromatic carbocycles. The summed E-state index contributed by atoms with van der Waals surface area (Å²) in [4.78, 5) is 2.80. The molecule has 2 aliphatic carbocycles. The lowest BCUT2D eigenvalue weighted by Crippen LogP contribution is -2.55. The van der Waals surface area contributed by atoms with E-state index in [-0.39, 0.29) is 0 Å². The van der Waals surface area contributed by atoms with Crippen LogP contribution in [0.4, 0.5) is 0 Å². The highest BCUT2D eigenvalue weighted by molar-refractivity contribution is 5.01. The van der Waals surface area contributed by atoms with Crippen LogP contribution in [-0.4, -0.2) is 30.1 Å². The van der Waals surface area contributed by atoms with Crippen LogP contribution in [0.3, 0.4) is 0 Å². The molecule has 1 heterocycles. The van der Waals surface area contributed by atoms with Crippen molar-refractivity contribution >= 4 is 0 Å². The molecule has 2 nitrogen and oxygen atoms in total. The Morgan fingerprint density at radius 2 is 1.65 bits per heavy atom. The van der Waals surface area contributed by atoms with Gasteiger partial charge in [-0.2, -0.15) is 0 Å². The Hall–Kier alpha value is -0.0800. The zero-order chi connectivity index (χ0) is 11.9. The topological polar surface area (TPSA) is 29.3 Å². The largest absolute Gasteiger partial charge is 0.329 e. The normalized spacial score (nSPS) is 47.3. The average Bonchev–Trinajstić information content (AvgIpc) is 2.91. The van der Waals surface area contributed by atoms with Gasteiger partial charge in [-0.05, 0) is 56.3 Å². The fourth-order valence-corrected chi connectivity index (χ4v) is 4.57. The van der Waals surface area contributed by atoms with Crippen molar-refractivity contribution in [1.29, 1.82) is 0 Å². The molecule has 0 amide bonds. The molecule has 0 spiro atoms. The molecule has 2 N–H and O–H groups in total. The summed E-state index contributed by atoms with van der Waals surface area (Å²) in [6.07, 6.45) is 9.94. The minimum absolute atomic E-state index is 0.386. The fourth-order valence-electron chi connectivity index (χ4n) is 4.57. The molecule has 2 unspecified atom stereocenters. The molecular weight excluding hydrogens is 208 g/mol. The number of rotatable bonds is 2. The van der Waals surface area contributed by atoms with Crippen molar-refractivity contribution in [3.63, 3.8) is 0 Å². The van der Waals surface area contributed by atoms with Crippen molar-refractivity contribution in [2.24, 2.45) is 23.5 Å². The van der Waals surface area contributed by atoms with Crippen molar-refractivity contribution in [3.05, 3.63) is 0 Å². The molecule has 98 valence electrons. The van der Waals surface area contributed by atoms with Crippen LogP contribution in [0, 0.1) is 17.8 Å². The van der Waals surface area contributed by atoms with Crippen LogP contribution in [0.2, 0.25) is 0 Å². The first-order chi connectivity index (χ1) is 8.23. The Labute approximate surface area is 106 Å². The van der Waals surface area contributed by atoms with Crippen molar-refractivity contribution < 1.29 is 0 Å². The van der Waals surface area contributed by atoms with Crippen LogP contribution in [0.15, 0.2) is 0 Å². The summed E-state index contributed by atoms with van der Waals surface area (Å²) in [5, 5.41) is 0. The van der Waals surface area contributed by atoms with Crippen LogP contribution in [-0.2, 0) is 0 Å². The minimum Gasteiger partial charge on any atom is -0.329 e. The Morgan fingerprint density at radius 3 is 2.18 bits per heavy atom. The van der Waals surface area contributed by atoms with Gasteiger partial charge in [-0.25, -0.2) is 0 Å². The maximum absolute atomic E-state index is 6.17. The summed E-state index contributed by atoms with van der Waals surface area (Å²) in [5.41, 5.74) is 6.56. The van der Waals surface area contributed by atoms with Gasteiger partial charge in [0.25, 0.3) is 0 Å². The standard InChI is InChI=1S/C15H28N2/c1-12-5-7-15(11-16,8-6-12)17-9-13-3-2-4-14(13)10-17/h12-14H,2-11,16H2,1H3. The summed E-state index contributed by atoms with van der Waals surface area (Å²) in [5.74, 6) is 2.95. The monoisotopic (exact) mass is 236 g/mol. The number of hydrogen-bond donors (Lipinski definition) is 1. The Balaban J connectivity index is 1.69. The lowest BCUT2D eigenvalue weighted by molar-refractivity contribution is 0.0588. The van der Waals surface area contributed by atoms with E-state index in [1.165, 1.54) is 58.0 Å². The molecule has 3 rings (SSSR count). The summed E-state index contributed by atoms with van der Waals surface area (Å²) < 4.78 is 0. The van der Waals surface area contributed by atoms with Crippen LogP contribution >= 0.6 is 0 Å². The van der Waals surface area contributed by atoms with Gasteiger partial charge in [0, 0.05) is 25.2 Å². The van der Waals surface area contributed by atoms with Gasteiger partial charge in [0.1, 0.15) is 0 Å². The highest BCUT2D eigenvalue weighted by Crippen LogP contribution is 2.44. The van der Waals surface area contributed by atoms with E-state index in [1.54, 1.807) is 0 Å². The maximum atomic E-state index is 6.17. The number of nitrogens with two attached hydrogens (primary N) is 1. The quantitative estimate of drug-likeness (QED) is 0.798. The SMILES string of the molecule is CC1CCC(CN)(N2CC3CCCC3C2)CC1. The zero-order valence-corrected chi connectivity index (χ0v) is 11.3. The Morgan fingerprint density at radius 1 is 1.06 bits per heavy atom. The van der Waals surface area contributed by atoms with E-state index < -0.39 is 0 Å². The van der Waals surface area contributed by atoms with Gasteiger partial charge >= 0.3 is 0 Å². The maximum Gasteiger partial charge on any atom is 0.0332 e. The number of fused-ring (bicyclic) bond motifs is 1. The van der Waals surface area contributed by atoms with E-state index in [1.807, 2.05) is 0 Å².